The Morgan fingerprint density at radius 2 is 1.74 bits per heavy atom. The zero-order valence-corrected chi connectivity index (χ0v) is 19.7. The van der Waals surface area contributed by atoms with Crippen molar-refractivity contribution in [1.82, 2.24) is 4.90 Å². The molecule has 0 saturated heterocycles. The van der Waals surface area contributed by atoms with Crippen molar-refractivity contribution in [2.45, 2.75) is 25.3 Å². The molecule has 170 valence electrons. The van der Waals surface area contributed by atoms with Gasteiger partial charge < -0.3 is 9.64 Å². The zero-order valence-electron chi connectivity index (χ0n) is 18.9. The molecule has 1 aromatic heterocycles. The highest BCUT2D eigenvalue weighted by molar-refractivity contribution is 7.17. The van der Waals surface area contributed by atoms with E-state index in [1.165, 1.54) is 39.3 Å². The van der Waals surface area contributed by atoms with E-state index >= 15 is 0 Å². The van der Waals surface area contributed by atoms with Crippen LogP contribution < -0.4 is 4.74 Å². The maximum absolute atomic E-state index is 14.0. The zero-order chi connectivity index (χ0) is 23.2. The van der Waals surface area contributed by atoms with Crippen molar-refractivity contribution in [3.63, 3.8) is 0 Å². The van der Waals surface area contributed by atoms with Crippen LogP contribution in [-0.2, 0) is 19.3 Å². The smallest absolute Gasteiger partial charge is 0.264 e. The van der Waals surface area contributed by atoms with Crippen molar-refractivity contribution in [2.24, 2.45) is 0 Å². The highest BCUT2D eigenvalue weighted by Gasteiger charge is 2.34. The molecule has 2 aliphatic rings. The van der Waals surface area contributed by atoms with E-state index in [0.29, 0.717) is 6.54 Å². The first-order chi connectivity index (χ1) is 16.6. The van der Waals surface area contributed by atoms with Crippen LogP contribution in [0, 0.1) is 5.82 Å². The average molecular weight is 470 g/mol. The Labute approximate surface area is 202 Å². The van der Waals surface area contributed by atoms with Gasteiger partial charge in [0.2, 0.25) is 0 Å². The third-order valence-electron chi connectivity index (χ3n) is 6.98. The molecule has 4 aromatic rings. The van der Waals surface area contributed by atoms with Gasteiger partial charge in [0.25, 0.3) is 5.91 Å². The number of nitrogens with zero attached hydrogens (tertiary/aromatic N) is 1. The summed E-state index contributed by atoms with van der Waals surface area (Å²) >= 11 is 1.57. The molecule has 0 spiro atoms. The molecule has 3 nitrogen and oxygen atoms in total. The number of rotatable bonds is 3. The van der Waals surface area contributed by atoms with Gasteiger partial charge in [-0.25, -0.2) is 4.39 Å². The third-order valence-corrected chi connectivity index (χ3v) is 8.17. The van der Waals surface area contributed by atoms with Crippen molar-refractivity contribution in [2.75, 3.05) is 13.7 Å². The van der Waals surface area contributed by atoms with E-state index in [0.717, 1.165) is 41.0 Å². The second-order valence-corrected chi connectivity index (χ2v) is 9.94. The number of fused-ring (bicyclic) bond motifs is 4. The molecular formula is C29H24FNO2S. The number of thiophene rings is 1. The lowest BCUT2D eigenvalue weighted by molar-refractivity contribution is 0.0699. The molecule has 0 bridgehead atoms. The Balaban J connectivity index is 1.41. The standard InChI is InChI=1S/C29H24FNO2S/c1-33-23-13-10-19-6-7-21-16-26(34-28(21)25(19)17-23)29(32)31-15-14-18-4-2-3-5-24(18)27(31)20-8-11-22(30)12-9-20/h2-5,8-13,16-17,27H,6-7,14-15H2,1H3/t27-/m1/s1. The highest BCUT2D eigenvalue weighted by Crippen LogP contribution is 2.43. The van der Waals surface area contributed by atoms with Crippen LogP contribution >= 0.6 is 11.3 Å². The van der Waals surface area contributed by atoms with Gasteiger partial charge in [0.15, 0.2) is 0 Å². The first-order valence-corrected chi connectivity index (χ1v) is 12.4. The van der Waals surface area contributed by atoms with Crippen molar-refractivity contribution in [3.05, 3.63) is 111 Å². The van der Waals surface area contributed by atoms with Crippen LogP contribution in [-0.4, -0.2) is 24.5 Å². The second kappa shape index (κ2) is 8.41. The second-order valence-electron chi connectivity index (χ2n) is 8.89. The van der Waals surface area contributed by atoms with Crippen LogP contribution in [0.2, 0.25) is 0 Å². The van der Waals surface area contributed by atoms with Crippen LogP contribution in [0.15, 0.2) is 72.8 Å². The van der Waals surface area contributed by atoms with E-state index in [2.05, 4.69) is 30.3 Å². The Morgan fingerprint density at radius 1 is 0.941 bits per heavy atom. The lowest BCUT2D eigenvalue weighted by Crippen LogP contribution is -2.40. The maximum atomic E-state index is 14.0. The van der Waals surface area contributed by atoms with Gasteiger partial charge in [0, 0.05) is 11.4 Å². The summed E-state index contributed by atoms with van der Waals surface area (Å²) < 4.78 is 19.1. The summed E-state index contributed by atoms with van der Waals surface area (Å²) in [7, 11) is 1.68. The van der Waals surface area contributed by atoms with Crippen LogP contribution in [0.1, 0.15) is 43.5 Å². The van der Waals surface area contributed by atoms with E-state index in [1.54, 1.807) is 30.6 Å². The van der Waals surface area contributed by atoms with E-state index < -0.39 is 0 Å². The van der Waals surface area contributed by atoms with Crippen molar-refractivity contribution < 1.29 is 13.9 Å². The molecule has 0 radical (unpaired) electrons. The summed E-state index contributed by atoms with van der Waals surface area (Å²) in [6.45, 7) is 0.630. The third kappa shape index (κ3) is 3.51. The number of carbonyl (C=O) groups is 1. The number of ether oxygens (including phenoxy) is 1. The van der Waals surface area contributed by atoms with Crippen molar-refractivity contribution in [3.8, 4) is 16.2 Å². The number of benzene rings is 3. The molecule has 1 aliphatic carbocycles. The Kier molecular flexibility index (Phi) is 5.22. The Bertz CT molecular complexity index is 1390. The molecule has 0 N–H and O–H groups in total. The fourth-order valence-corrected chi connectivity index (χ4v) is 6.48. The summed E-state index contributed by atoms with van der Waals surface area (Å²) in [4.78, 5) is 17.8. The van der Waals surface area contributed by atoms with Gasteiger partial charge in [0.1, 0.15) is 11.6 Å². The summed E-state index contributed by atoms with van der Waals surface area (Å²) in [5, 5.41) is 0. The average Bonchev–Trinajstić information content (AvgIpc) is 3.33. The number of hydrogen-bond donors (Lipinski definition) is 0. The van der Waals surface area contributed by atoms with E-state index in [-0.39, 0.29) is 17.8 Å². The molecule has 0 fully saturated rings. The lowest BCUT2D eigenvalue weighted by atomic mass is 9.88. The fourth-order valence-electron chi connectivity index (χ4n) is 5.26. The van der Waals surface area contributed by atoms with Crippen LogP contribution in [0.4, 0.5) is 4.39 Å². The minimum Gasteiger partial charge on any atom is -0.497 e. The lowest BCUT2D eigenvalue weighted by Gasteiger charge is -2.37. The summed E-state index contributed by atoms with van der Waals surface area (Å²) in [5.41, 5.74) is 6.98. The van der Waals surface area contributed by atoms with Gasteiger partial charge in [-0.3, -0.25) is 4.79 Å². The topological polar surface area (TPSA) is 29.5 Å². The van der Waals surface area contributed by atoms with E-state index in [1.807, 2.05) is 23.1 Å². The largest absolute Gasteiger partial charge is 0.497 e. The normalized spacial score (nSPS) is 16.4. The SMILES string of the molecule is COc1ccc2c(c1)-c1sc(C(=O)N3CCc4ccccc4[C@H]3c3ccc(F)cc3)cc1CC2. The quantitative estimate of drug-likeness (QED) is 0.345. The van der Waals surface area contributed by atoms with E-state index in [9.17, 15) is 9.18 Å². The highest BCUT2D eigenvalue weighted by atomic mass is 32.1. The summed E-state index contributed by atoms with van der Waals surface area (Å²) in [6.07, 6.45) is 2.71. The van der Waals surface area contributed by atoms with E-state index in [4.69, 9.17) is 4.74 Å². The number of aryl methyl sites for hydroxylation is 2. The number of halogens is 1. The fraction of sp³-hybridized carbons (Fsp3) is 0.207. The molecular weight excluding hydrogens is 445 g/mol. The molecule has 5 heteroatoms. The van der Waals surface area contributed by atoms with Gasteiger partial charge in [-0.15, -0.1) is 11.3 Å². The van der Waals surface area contributed by atoms with Crippen LogP contribution in [0.3, 0.4) is 0 Å². The predicted octanol–water partition coefficient (Wildman–Crippen LogP) is 6.45. The molecule has 0 saturated carbocycles. The van der Waals surface area contributed by atoms with Crippen LogP contribution in [0.5, 0.6) is 5.75 Å². The van der Waals surface area contributed by atoms with Crippen LogP contribution in [0.25, 0.3) is 10.4 Å². The molecule has 0 unspecified atom stereocenters. The van der Waals surface area contributed by atoms with Gasteiger partial charge >= 0.3 is 0 Å². The molecule has 2 heterocycles. The monoisotopic (exact) mass is 469 g/mol. The summed E-state index contributed by atoms with van der Waals surface area (Å²) in [5.74, 6) is 0.593. The predicted molar refractivity (Wildman–Crippen MR) is 133 cm³/mol. The first kappa shape index (κ1) is 21.1. The molecule has 3 aromatic carbocycles. The number of carbonyl (C=O) groups excluding carboxylic acids is 1. The molecule has 34 heavy (non-hydrogen) atoms. The molecule has 1 aliphatic heterocycles. The number of hydrogen-bond acceptors (Lipinski definition) is 3. The van der Waals surface area contributed by atoms with Crippen molar-refractivity contribution in [1.29, 1.82) is 0 Å². The van der Waals surface area contributed by atoms with Gasteiger partial charge in [0.05, 0.1) is 18.0 Å². The first-order valence-electron chi connectivity index (χ1n) is 11.6. The molecule has 1 atom stereocenters. The Hall–Kier alpha value is -3.44. The maximum Gasteiger partial charge on any atom is 0.264 e. The number of amides is 1. The molecule has 1 amide bonds. The Morgan fingerprint density at radius 3 is 2.56 bits per heavy atom. The minimum absolute atomic E-state index is 0.0349. The van der Waals surface area contributed by atoms with Gasteiger partial charge in [-0.2, -0.15) is 0 Å². The summed E-state index contributed by atoms with van der Waals surface area (Å²) in [6, 6.07) is 22.9. The van der Waals surface area contributed by atoms with Gasteiger partial charge in [-0.05, 0) is 83.0 Å². The molecule has 6 rings (SSSR count). The van der Waals surface area contributed by atoms with Gasteiger partial charge in [-0.1, -0.05) is 42.5 Å². The van der Waals surface area contributed by atoms with Crippen molar-refractivity contribution >= 4 is 17.2 Å². The minimum atomic E-state index is -0.272. The number of methoxy groups -OCH3 is 1.